The van der Waals surface area contributed by atoms with Gasteiger partial charge in [0.2, 0.25) is 0 Å². The summed E-state index contributed by atoms with van der Waals surface area (Å²) < 4.78 is 11.2. The predicted octanol–water partition coefficient (Wildman–Crippen LogP) is 4.74. The molecular formula is C30H28N2O4. The molecule has 0 aliphatic heterocycles. The molecule has 0 aromatic heterocycles. The Morgan fingerprint density at radius 1 is 0.500 bits per heavy atom. The molecule has 4 aromatic carbocycles. The summed E-state index contributed by atoms with van der Waals surface area (Å²) in [5.74, 6) is 0.893. The van der Waals surface area contributed by atoms with E-state index in [1.165, 1.54) is 0 Å². The Bertz CT molecular complexity index is 1140. The van der Waals surface area contributed by atoms with Gasteiger partial charge in [-0.15, -0.1) is 0 Å². The maximum Gasteiger partial charge on any atom is 0.258 e. The van der Waals surface area contributed by atoms with E-state index in [4.69, 9.17) is 9.47 Å². The van der Waals surface area contributed by atoms with E-state index in [-0.39, 0.29) is 25.0 Å². The quantitative estimate of drug-likeness (QED) is 0.325. The van der Waals surface area contributed by atoms with Gasteiger partial charge in [-0.1, -0.05) is 84.9 Å². The number of carbonyl (C=O) groups excluding carboxylic acids is 2. The minimum atomic E-state index is -0.174. The first kappa shape index (κ1) is 24.5. The number of nitrogens with one attached hydrogen (secondary N) is 2. The zero-order valence-corrected chi connectivity index (χ0v) is 19.9. The highest BCUT2D eigenvalue weighted by Crippen LogP contribution is 2.24. The summed E-state index contributed by atoms with van der Waals surface area (Å²) in [6.45, 7) is 0.856. The maximum absolute atomic E-state index is 12.0. The number of benzene rings is 4. The Kier molecular flexibility index (Phi) is 8.70. The second kappa shape index (κ2) is 12.8. The van der Waals surface area contributed by atoms with E-state index in [0.29, 0.717) is 24.6 Å². The Labute approximate surface area is 210 Å². The van der Waals surface area contributed by atoms with Gasteiger partial charge in [0, 0.05) is 13.1 Å². The molecule has 0 aliphatic rings. The molecule has 0 unspecified atom stereocenters. The van der Waals surface area contributed by atoms with E-state index in [0.717, 1.165) is 22.3 Å². The second-order valence-electron chi connectivity index (χ2n) is 8.15. The monoisotopic (exact) mass is 480 g/mol. The van der Waals surface area contributed by atoms with Crippen molar-refractivity contribution in [3.63, 3.8) is 0 Å². The van der Waals surface area contributed by atoms with Gasteiger partial charge in [0.15, 0.2) is 13.2 Å². The van der Waals surface area contributed by atoms with Gasteiger partial charge in [-0.05, 0) is 46.5 Å². The van der Waals surface area contributed by atoms with Crippen LogP contribution in [0, 0.1) is 0 Å². The van der Waals surface area contributed by atoms with E-state index in [1.54, 1.807) is 0 Å². The summed E-state index contributed by atoms with van der Waals surface area (Å²) in [5.41, 5.74) is 4.09. The van der Waals surface area contributed by atoms with Gasteiger partial charge in [-0.25, -0.2) is 0 Å². The molecule has 4 rings (SSSR count). The first-order valence-corrected chi connectivity index (χ1v) is 11.7. The molecule has 0 heterocycles. The first-order valence-electron chi connectivity index (χ1n) is 11.7. The van der Waals surface area contributed by atoms with Crippen molar-refractivity contribution in [3.8, 4) is 22.6 Å². The van der Waals surface area contributed by atoms with Gasteiger partial charge in [0.25, 0.3) is 11.8 Å². The highest BCUT2D eigenvalue weighted by atomic mass is 16.5. The Hall–Kier alpha value is -4.58. The van der Waals surface area contributed by atoms with Gasteiger partial charge in [-0.2, -0.15) is 0 Å². The van der Waals surface area contributed by atoms with E-state index >= 15 is 0 Å². The number of ether oxygens (including phenoxy) is 2. The molecule has 0 atom stereocenters. The molecule has 0 radical (unpaired) electrons. The van der Waals surface area contributed by atoms with Crippen LogP contribution in [0.5, 0.6) is 11.5 Å². The van der Waals surface area contributed by atoms with E-state index < -0.39 is 0 Å². The Balaban J connectivity index is 1.19. The van der Waals surface area contributed by atoms with Crippen LogP contribution in [0.3, 0.4) is 0 Å². The van der Waals surface area contributed by atoms with Gasteiger partial charge >= 0.3 is 0 Å². The second-order valence-corrected chi connectivity index (χ2v) is 8.15. The Morgan fingerprint density at radius 2 is 0.861 bits per heavy atom. The van der Waals surface area contributed by atoms with E-state index in [9.17, 15) is 9.59 Å². The maximum atomic E-state index is 12.0. The molecule has 2 amide bonds. The van der Waals surface area contributed by atoms with Crippen LogP contribution in [-0.2, 0) is 22.7 Å². The molecule has 0 bridgehead atoms. The van der Waals surface area contributed by atoms with E-state index in [2.05, 4.69) is 10.6 Å². The lowest BCUT2D eigenvalue weighted by atomic mass is 10.1. The summed E-state index contributed by atoms with van der Waals surface area (Å²) in [5, 5.41) is 5.69. The van der Waals surface area contributed by atoms with Crippen molar-refractivity contribution in [1.29, 1.82) is 0 Å². The lowest BCUT2D eigenvalue weighted by Gasteiger charge is -2.10. The zero-order chi connectivity index (χ0) is 25.0. The number of hydrogen-bond acceptors (Lipinski definition) is 4. The summed E-state index contributed by atoms with van der Waals surface area (Å²) in [6.07, 6.45) is 0. The van der Waals surface area contributed by atoms with Crippen LogP contribution in [-0.4, -0.2) is 25.0 Å². The SMILES string of the molecule is O=C(COc1ccc(-c2ccc(OCC(=O)NCc3ccccc3)cc2)cc1)NCc1ccccc1. The fourth-order valence-electron chi connectivity index (χ4n) is 3.48. The molecule has 36 heavy (non-hydrogen) atoms. The summed E-state index contributed by atoms with van der Waals surface area (Å²) in [7, 11) is 0. The molecular weight excluding hydrogens is 452 g/mol. The Morgan fingerprint density at radius 3 is 1.22 bits per heavy atom. The van der Waals surface area contributed by atoms with Gasteiger partial charge in [0.1, 0.15) is 11.5 Å². The fraction of sp³-hybridized carbons (Fsp3) is 0.133. The van der Waals surface area contributed by atoms with Crippen LogP contribution in [0.25, 0.3) is 11.1 Å². The van der Waals surface area contributed by atoms with Crippen molar-refractivity contribution in [2.45, 2.75) is 13.1 Å². The highest BCUT2D eigenvalue weighted by molar-refractivity contribution is 5.78. The predicted molar refractivity (Wildman–Crippen MR) is 139 cm³/mol. The van der Waals surface area contributed by atoms with Crippen molar-refractivity contribution < 1.29 is 19.1 Å². The van der Waals surface area contributed by atoms with E-state index in [1.807, 2.05) is 109 Å². The average molecular weight is 481 g/mol. The van der Waals surface area contributed by atoms with Gasteiger partial charge < -0.3 is 20.1 Å². The molecule has 0 aliphatic carbocycles. The zero-order valence-electron chi connectivity index (χ0n) is 19.9. The summed E-state index contributed by atoms with van der Waals surface area (Å²) in [4.78, 5) is 24.1. The number of hydrogen-bond donors (Lipinski definition) is 2. The minimum absolute atomic E-state index is 0.0445. The molecule has 6 heteroatoms. The van der Waals surface area contributed by atoms with Crippen LogP contribution in [0.15, 0.2) is 109 Å². The van der Waals surface area contributed by atoms with Crippen LogP contribution in [0.2, 0.25) is 0 Å². The third-order valence-corrected chi connectivity index (χ3v) is 5.45. The standard InChI is InChI=1S/C30H28N2O4/c33-29(31-19-23-7-3-1-4-8-23)21-35-27-15-11-25(12-16-27)26-13-17-28(18-14-26)36-22-30(34)32-20-24-9-5-2-6-10-24/h1-18H,19-22H2,(H,31,33)(H,32,34). The molecule has 0 fully saturated rings. The average Bonchev–Trinajstić information content (AvgIpc) is 2.94. The smallest absolute Gasteiger partial charge is 0.258 e. The van der Waals surface area contributed by atoms with Crippen molar-refractivity contribution in [2.75, 3.05) is 13.2 Å². The molecule has 182 valence electrons. The lowest BCUT2D eigenvalue weighted by molar-refractivity contribution is -0.124. The minimum Gasteiger partial charge on any atom is -0.484 e. The summed E-state index contributed by atoms with van der Waals surface area (Å²) >= 11 is 0. The third-order valence-electron chi connectivity index (χ3n) is 5.45. The molecule has 2 N–H and O–H groups in total. The highest BCUT2D eigenvalue weighted by Gasteiger charge is 2.06. The molecule has 0 spiro atoms. The first-order chi connectivity index (χ1) is 17.7. The van der Waals surface area contributed by atoms with Crippen molar-refractivity contribution in [2.24, 2.45) is 0 Å². The number of rotatable bonds is 11. The fourth-order valence-corrected chi connectivity index (χ4v) is 3.48. The van der Waals surface area contributed by atoms with Crippen LogP contribution >= 0.6 is 0 Å². The van der Waals surface area contributed by atoms with Gasteiger partial charge in [-0.3, -0.25) is 9.59 Å². The number of amides is 2. The number of carbonyl (C=O) groups is 2. The van der Waals surface area contributed by atoms with Crippen molar-refractivity contribution >= 4 is 11.8 Å². The van der Waals surface area contributed by atoms with Gasteiger partial charge in [0.05, 0.1) is 0 Å². The van der Waals surface area contributed by atoms with Crippen LogP contribution < -0.4 is 20.1 Å². The molecule has 0 saturated heterocycles. The molecule has 4 aromatic rings. The largest absolute Gasteiger partial charge is 0.484 e. The molecule has 6 nitrogen and oxygen atoms in total. The van der Waals surface area contributed by atoms with Crippen molar-refractivity contribution in [3.05, 3.63) is 120 Å². The van der Waals surface area contributed by atoms with Crippen LogP contribution in [0.4, 0.5) is 0 Å². The van der Waals surface area contributed by atoms with Crippen molar-refractivity contribution in [1.82, 2.24) is 10.6 Å². The summed E-state index contributed by atoms with van der Waals surface area (Å²) in [6, 6.07) is 34.5. The normalized spacial score (nSPS) is 10.3. The lowest BCUT2D eigenvalue weighted by Crippen LogP contribution is -2.28. The van der Waals surface area contributed by atoms with Crippen LogP contribution in [0.1, 0.15) is 11.1 Å². The third kappa shape index (κ3) is 7.74. The molecule has 0 saturated carbocycles. The topological polar surface area (TPSA) is 76.7 Å².